The molecule has 0 fully saturated rings. The van der Waals surface area contributed by atoms with E-state index in [4.69, 9.17) is 0 Å². The molecule has 1 aromatic carbocycles. The van der Waals surface area contributed by atoms with E-state index in [1.165, 1.54) is 11.3 Å². The molecule has 100 valence electrons. The Balaban J connectivity index is 2.78. The average Bonchev–Trinajstić information content (AvgIpc) is 2.34. The molecule has 0 heterocycles. The van der Waals surface area contributed by atoms with Crippen LogP contribution in [0.5, 0.6) is 0 Å². The Morgan fingerprint density at radius 1 is 1.33 bits per heavy atom. The predicted octanol–water partition coefficient (Wildman–Crippen LogP) is 2.17. The lowest BCUT2D eigenvalue weighted by Gasteiger charge is -2.27. The normalized spacial score (nSPS) is 10.7. The molecule has 0 aromatic heterocycles. The summed E-state index contributed by atoms with van der Waals surface area (Å²) in [6.07, 6.45) is 0.753. The highest BCUT2D eigenvalue weighted by Crippen LogP contribution is 2.27. The van der Waals surface area contributed by atoms with Gasteiger partial charge in [0.1, 0.15) is 0 Å². The van der Waals surface area contributed by atoms with Crippen LogP contribution in [0.3, 0.4) is 0 Å². The smallest absolute Gasteiger partial charge is 0.0415 e. The van der Waals surface area contributed by atoms with Gasteiger partial charge in [0.05, 0.1) is 0 Å². The summed E-state index contributed by atoms with van der Waals surface area (Å²) in [6, 6.07) is 8.33. The number of rotatable bonds is 7. The van der Waals surface area contributed by atoms with E-state index < -0.39 is 5.97 Å². The molecular formula is C15H22NO2-. The predicted molar refractivity (Wildman–Crippen MR) is 72.7 cm³/mol. The molecule has 0 unspecified atom stereocenters. The van der Waals surface area contributed by atoms with Crippen molar-refractivity contribution in [2.45, 2.75) is 39.5 Å². The van der Waals surface area contributed by atoms with Crippen LogP contribution >= 0.6 is 0 Å². The molecular weight excluding hydrogens is 226 g/mol. The molecule has 3 heteroatoms. The van der Waals surface area contributed by atoms with Crippen molar-refractivity contribution in [3.63, 3.8) is 0 Å². The van der Waals surface area contributed by atoms with Crippen molar-refractivity contribution >= 4 is 11.7 Å². The lowest BCUT2D eigenvalue weighted by atomic mass is 10.0. The van der Waals surface area contributed by atoms with Crippen molar-refractivity contribution in [1.82, 2.24) is 0 Å². The van der Waals surface area contributed by atoms with Gasteiger partial charge in [-0.1, -0.05) is 32.0 Å². The maximum absolute atomic E-state index is 10.5. The number of benzene rings is 1. The quantitative estimate of drug-likeness (QED) is 0.742. The minimum atomic E-state index is -0.969. The van der Waals surface area contributed by atoms with Gasteiger partial charge < -0.3 is 14.8 Å². The number of hydrogen-bond donors (Lipinski definition) is 0. The van der Waals surface area contributed by atoms with Crippen LogP contribution in [0.25, 0.3) is 0 Å². The Hall–Kier alpha value is -1.51. The maximum Gasteiger partial charge on any atom is 0.0415 e. The van der Waals surface area contributed by atoms with Crippen molar-refractivity contribution in [1.29, 1.82) is 0 Å². The van der Waals surface area contributed by atoms with Gasteiger partial charge in [0.2, 0.25) is 0 Å². The van der Waals surface area contributed by atoms with E-state index >= 15 is 0 Å². The van der Waals surface area contributed by atoms with Crippen LogP contribution in [-0.2, 0) is 4.79 Å². The Labute approximate surface area is 109 Å². The van der Waals surface area contributed by atoms with Gasteiger partial charge in [0, 0.05) is 24.7 Å². The largest absolute Gasteiger partial charge is 0.550 e. The fourth-order valence-corrected chi connectivity index (χ4v) is 2.13. The minimum absolute atomic E-state index is 0.125. The Morgan fingerprint density at radius 2 is 2.00 bits per heavy atom. The molecule has 0 saturated heterocycles. The van der Waals surface area contributed by atoms with E-state index in [0.29, 0.717) is 12.3 Å². The molecule has 0 radical (unpaired) electrons. The molecule has 3 nitrogen and oxygen atoms in total. The summed E-state index contributed by atoms with van der Waals surface area (Å²) in [4.78, 5) is 12.7. The van der Waals surface area contributed by atoms with Gasteiger partial charge in [-0.3, -0.25) is 0 Å². The monoisotopic (exact) mass is 248 g/mol. The van der Waals surface area contributed by atoms with Crippen LogP contribution in [0.1, 0.15) is 45.1 Å². The molecule has 0 N–H and O–H groups in total. The van der Waals surface area contributed by atoms with E-state index in [1.807, 2.05) is 12.1 Å². The molecule has 0 aliphatic heterocycles. The molecule has 0 aliphatic rings. The first kappa shape index (κ1) is 14.6. The summed E-state index contributed by atoms with van der Waals surface area (Å²) in [5.74, 6) is -0.500. The van der Waals surface area contributed by atoms with Crippen molar-refractivity contribution in [3.05, 3.63) is 29.8 Å². The van der Waals surface area contributed by atoms with Gasteiger partial charge in [0.25, 0.3) is 0 Å². The van der Waals surface area contributed by atoms with Crippen molar-refractivity contribution < 1.29 is 9.90 Å². The number of anilines is 1. The third-order valence-corrected chi connectivity index (χ3v) is 3.09. The van der Waals surface area contributed by atoms with Crippen molar-refractivity contribution in [2.75, 3.05) is 18.0 Å². The zero-order valence-corrected chi connectivity index (χ0v) is 11.5. The zero-order chi connectivity index (χ0) is 13.5. The van der Waals surface area contributed by atoms with Crippen molar-refractivity contribution in [3.8, 4) is 0 Å². The molecule has 0 saturated carbocycles. The number of para-hydroxylation sites is 1. The van der Waals surface area contributed by atoms with Crippen LogP contribution in [-0.4, -0.2) is 19.1 Å². The van der Waals surface area contributed by atoms with Crippen LogP contribution < -0.4 is 10.0 Å². The van der Waals surface area contributed by atoms with E-state index in [9.17, 15) is 9.90 Å². The molecule has 0 spiro atoms. The molecule has 0 bridgehead atoms. The summed E-state index contributed by atoms with van der Waals surface area (Å²) in [5.41, 5.74) is 2.53. The number of carbonyl (C=O) groups excluding carboxylic acids is 1. The number of carboxylic acid groups (broad SMARTS) is 1. The molecule has 0 amide bonds. The number of aliphatic carboxylic acids is 1. The fourth-order valence-electron chi connectivity index (χ4n) is 2.13. The average molecular weight is 248 g/mol. The second-order valence-corrected chi connectivity index (χ2v) is 4.77. The third kappa shape index (κ3) is 4.06. The standard InChI is InChI=1S/C15H23NO2/c1-4-16(11-7-10-15(17)18)14-9-6-5-8-13(14)12(2)3/h5-6,8-9,12H,4,7,10-11H2,1-3H3,(H,17,18)/p-1. The first-order valence-electron chi connectivity index (χ1n) is 6.60. The summed E-state index contributed by atoms with van der Waals surface area (Å²) in [6.45, 7) is 8.09. The lowest BCUT2D eigenvalue weighted by molar-refractivity contribution is -0.305. The minimum Gasteiger partial charge on any atom is -0.550 e. The molecule has 0 atom stereocenters. The van der Waals surface area contributed by atoms with E-state index in [2.05, 4.69) is 37.8 Å². The van der Waals surface area contributed by atoms with Crippen molar-refractivity contribution in [2.24, 2.45) is 0 Å². The maximum atomic E-state index is 10.5. The van der Waals surface area contributed by atoms with Crippen LogP contribution in [0.2, 0.25) is 0 Å². The number of hydrogen-bond acceptors (Lipinski definition) is 3. The Bertz CT molecular complexity index is 388. The Kier molecular flexibility index (Phi) is 5.69. The van der Waals surface area contributed by atoms with Crippen LogP contribution in [0, 0.1) is 0 Å². The van der Waals surface area contributed by atoms with Gasteiger partial charge in [0.15, 0.2) is 0 Å². The van der Waals surface area contributed by atoms with Crippen LogP contribution in [0.15, 0.2) is 24.3 Å². The zero-order valence-electron chi connectivity index (χ0n) is 11.5. The number of nitrogens with zero attached hydrogens (tertiary/aromatic N) is 1. The van der Waals surface area contributed by atoms with Gasteiger partial charge in [-0.15, -0.1) is 0 Å². The SMILES string of the molecule is CCN(CCCC(=O)[O-])c1ccccc1C(C)C. The second-order valence-electron chi connectivity index (χ2n) is 4.77. The number of carboxylic acids is 1. The molecule has 1 rings (SSSR count). The second kappa shape index (κ2) is 7.04. The first-order valence-corrected chi connectivity index (χ1v) is 6.60. The lowest BCUT2D eigenvalue weighted by Crippen LogP contribution is -2.28. The first-order chi connectivity index (χ1) is 8.56. The summed E-state index contributed by atoms with van der Waals surface area (Å²) in [7, 11) is 0. The topological polar surface area (TPSA) is 43.4 Å². The van der Waals surface area contributed by atoms with Gasteiger partial charge in [-0.2, -0.15) is 0 Å². The molecule has 1 aromatic rings. The van der Waals surface area contributed by atoms with Crippen LogP contribution in [0.4, 0.5) is 5.69 Å². The van der Waals surface area contributed by atoms with Gasteiger partial charge in [-0.25, -0.2) is 0 Å². The Morgan fingerprint density at radius 3 is 2.56 bits per heavy atom. The summed E-state index contributed by atoms with van der Waals surface area (Å²) >= 11 is 0. The van der Waals surface area contributed by atoms with Gasteiger partial charge >= 0.3 is 0 Å². The fraction of sp³-hybridized carbons (Fsp3) is 0.533. The highest BCUT2D eigenvalue weighted by atomic mass is 16.4. The number of carbonyl (C=O) groups is 1. The van der Waals surface area contributed by atoms with Gasteiger partial charge in [-0.05, 0) is 37.3 Å². The highest BCUT2D eigenvalue weighted by molar-refractivity contribution is 5.64. The molecule has 18 heavy (non-hydrogen) atoms. The van der Waals surface area contributed by atoms with E-state index in [1.54, 1.807) is 0 Å². The summed E-state index contributed by atoms with van der Waals surface area (Å²) < 4.78 is 0. The van der Waals surface area contributed by atoms with E-state index in [0.717, 1.165) is 13.1 Å². The highest BCUT2D eigenvalue weighted by Gasteiger charge is 2.11. The third-order valence-electron chi connectivity index (χ3n) is 3.09. The molecule has 0 aliphatic carbocycles. The summed E-state index contributed by atoms with van der Waals surface area (Å²) in [5, 5.41) is 10.5. The van der Waals surface area contributed by atoms with E-state index in [-0.39, 0.29) is 6.42 Å².